The normalized spacial score (nSPS) is 10.3. The highest BCUT2D eigenvalue weighted by molar-refractivity contribution is 6.30. The maximum absolute atomic E-state index is 8.60. The van der Waals surface area contributed by atoms with Gasteiger partial charge in [-0.25, -0.2) is 0 Å². The number of ether oxygens (including phenoxy) is 2. The topological polar surface area (TPSA) is 54.3 Å². The molecule has 0 unspecified atom stereocenters. The molecular weight excluding hydrogens is 300 g/mol. The van der Waals surface area contributed by atoms with Gasteiger partial charge in [0, 0.05) is 29.9 Å². The molecule has 0 aliphatic rings. The van der Waals surface area contributed by atoms with Crippen molar-refractivity contribution in [3.05, 3.63) is 53.1 Å². The van der Waals surface area contributed by atoms with E-state index < -0.39 is 0 Å². The van der Waals surface area contributed by atoms with Crippen LogP contribution in [-0.4, -0.2) is 14.2 Å². The number of allylic oxidation sites excluding steroid dienone is 1. The van der Waals surface area contributed by atoms with E-state index >= 15 is 0 Å². The molecule has 0 saturated carbocycles. The van der Waals surface area contributed by atoms with Crippen molar-refractivity contribution in [1.82, 2.24) is 0 Å². The highest BCUT2D eigenvalue weighted by atomic mass is 35.5. The van der Waals surface area contributed by atoms with E-state index in [-0.39, 0.29) is 0 Å². The van der Waals surface area contributed by atoms with E-state index in [1.165, 1.54) is 6.08 Å². The smallest absolute Gasteiger partial charge is 0.169 e. The number of methoxy groups -OCH3 is 1. The average Bonchev–Trinajstić information content (AvgIpc) is 2.52. The fraction of sp³-hybridized carbons (Fsp3) is 0.118. The van der Waals surface area contributed by atoms with E-state index in [1.54, 1.807) is 31.4 Å². The standard InChI is InChI=1S/C17H15ClN2O2/c1-20-14-5-6-16(17(11-14)21-2)22-15-9-12(4-3-7-19)8-13(18)10-15/h3-6,8-11,20H,1-2H3/b4-3+. The lowest BCUT2D eigenvalue weighted by Crippen LogP contribution is -1.93. The molecule has 0 bridgehead atoms. The highest BCUT2D eigenvalue weighted by Crippen LogP contribution is 2.35. The first kappa shape index (κ1) is 15.7. The summed E-state index contributed by atoms with van der Waals surface area (Å²) in [5.74, 6) is 1.76. The van der Waals surface area contributed by atoms with Crippen molar-refractivity contribution in [3.63, 3.8) is 0 Å². The Bertz CT molecular complexity index is 736. The fourth-order valence-corrected chi connectivity index (χ4v) is 2.14. The summed E-state index contributed by atoms with van der Waals surface area (Å²) in [6, 6.07) is 12.7. The largest absolute Gasteiger partial charge is 0.493 e. The van der Waals surface area contributed by atoms with Crippen LogP contribution in [0.2, 0.25) is 5.02 Å². The van der Waals surface area contributed by atoms with Crippen LogP contribution < -0.4 is 14.8 Å². The molecule has 4 nitrogen and oxygen atoms in total. The van der Waals surface area contributed by atoms with Crippen LogP contribution in [0.3, 0.4) is 0 Å². The van der Waals surface area contributed by atoms with Gasteiger partial charge in [0.1, 0.15) is 5.75 Å². The lowest BCUT2D eigenvalue weighted by molar-refractivity contribution is 0.379. The van der Waals surface area contributed by atoms with Crippen LogP contribution in [-0.2, 0) is 0 Å². The van der Waals surface area contributed by atoms with Gasteiger partial charge in [-0.2, -0.15) is 5.26 Å². The molecular formula is C17H15ClN2O2. The maximum Gasteiger partial charge on any atom is 0.169 e. The predicted molar refractivity (Wildman–Crippen MR) is 88.7 cm³/mol. The van der Waals surface area contributed by atoms with Crippen molar-refractivity contribution < 1.29 is 9.47 Å². The minimum atomic E-state index is 0.529. The van der Waals surface area contributed by atoms with Crippen molar-refractivity contribution >= 4 is 23.4 Å². The van der Waals surface area contributed by atoms with Gasteiger partial charge >= 0.3 is 0 Å². The van der Waals surface area contributed by atoms with E-state index in [0.717, 1.165) is 11.3 Å². The molecule has 2 aromatic rings. The van der Waals surface area contributed by atoms with Gasteiger partial charge in [0.2, 0.25) is 0 Å². The van der Waals surface area contributed by atoms with Crippen molar-refractivity contribution in [2.45, 2.75) is 0 Å². The van der Waals surface area contributed by atoms with Gasteiger partial charge in [0.25, 0.3) is 0 Å². The molecule has 0 amide bonds. The molecule has 2 aromatic carbocycles. The molecule has 0 fully saturated rings. The molecule has 0 atom stereocenters. The summed E-state index contributed by atoms with van der Waals surface area (Å²) in [6.07, 6.45) is 3.05. The van der Waals surface area contributed by atoms with Crippen molar-refractivity contribution in [1.29, 1.82) is 5.26 Å². The lowest BCUT2D eigenvalue weighted by Gasteiger charge is -2.12. The van der Waals surface area contributed by atoms with Crippen LogP contribution in [0.5, 0.6) is 17.2 Å². The predicted octanol–water partition coefficient (Wildman–Crippen LogP) is 4.72. The quantitative estimate of drug-likeness (QED) is 0.811. The summed E-state index contributed by atoms with van der Waals surface area (Å²) in [5.41, 5.74) is 1.71. The second kappa shape index (κ2) is 7.39. The first-order chi connectivity index (χ1) is 10.7. The molecule has 0 aromatic heterocycles. The number of hydrogen-bond donors (Lipinski definition) is 1. The SMILES string of the molecule is CNc1ccc(Oc2cc(Cl)cc(/C=C/C#N)c2)c(OC)c1. The van der Waals surface area contributed by atoms with Gasteiger partial charge in [0.15, 0.2) is 11.5 Å². The van der Waals surface area contributed by atoms with Gasteiger partial charge in [-0.05, 0) is 42.0 Å². The molecule has 0 spiro atoms. The fourth-order valence-electron chi connectivity index (χ4n) is 1.91. The third kappa shape index (κ3) is 3.94. The van der Waals surface area contributed by atoms with Gasteiger partial charge in [-0.1, -0.05) is 11.6 Å². The van der Waals surface area contributed by atoms with Crippen LogP contribution in [0.1, 0.15) is 5.56 Å². The number of halogens is 1. The van der Waals surface area contributed by atoms with E-state index in [1.807, 2.05) is 31.3 Å². The van der Waals surface area contributed by atoms with Crippen molar-refractivity contribution in [2.24, 2.45) is 0 Å². The van der Waals surface area contributed by atoms with E-state index in [2.05, 4.69) is 5.32 Å². The van der Waals surface area contributed by atoms with Crippen LogP contribution in [0.4, 0.5) is 5.69 Å². The summed E-state index contributed by atoms with van der Waals surface area (Å²) in [4.78, 5) is 0. The summed E-state index contributed by atoms with van der Waals surface area (Å²) in [5, 5.41) is 12.2. The zero-order valence-electron chi connectivity index (χ0n) is 12.3. The highest BCUT2D eigenvalue weighted by Gasteiger charge is 2.08. The molecule has 5 heteroatoms. The monoisotopic (exact) mass is 314 g/mol. The molecule has 0 radical (unpaired) electrons. The number of benzene rings is 2. The Morgan fingerprint density at radius 2 is 2.00 bits per heavy atom. The molecule has 0 aliphatic carbocycles. The molecule has 22 heavy (non-hydrogen) atoms. The van der Waals surface area contributed by atoms with Crippen molar-refractivity contribution in [3.8, 4) is 23.3 Å². The first-order valence-corrected chi connectivity index (χ1v) is 6.94. The third-order valence-corrected chi connectivity index (χ3v) is 3.14. The Balaban J connectivity index is 2.33. The van der Waals surface area contributed by atoms with Gasteiger partial charge < -0.3 is 14.8 Å². The minimum absolute atomic E-state index is 0.529. The van der Waals surface area contributed by atoms with E-state index in [0.29, 0.717) is 22.3 Å². The second-order valence-corrected chi connectivity index (χ2v) is 4.84. The molecule has 0 saturated heterocycles. The number of hydrogen-bond acceptors (Lipinski definition) is 4. The lowest BCUT2D eigenvalue weighted by atomic mass is 10.2. The molecule has 112 valence electrons. The number of rotatable bonds is 5. The summed E-state index contributed by atoms with van der Waals surface area (Å²) < 4.78 is 11.2. The van der Waals surface area contributed by atoms with Crippen LogP contribution in [0.25, 0.3) is 6.08 Å². The number of nitrogens with one attached hydrogen (secondary N) is 1. The molecule has 2 rings (SSSR count). The third-order valence-electron chi connectivity index (χ3n) is 2.92. The Morgan fingerprint density at radius 1 is 1.18 bits per heavy atom. The Morgan fingerprint density at radius 3 is 2.68 bits per heavy atom. The summed E-state index contributed by atoms with van der Waals surface area (Å²) in [6.45, 7) is 0. The van der Waals surface area contributed by atoms with Gasteiger partial charge in [-0.15, -0.1) is 0 Å². The van der Waals surface area contributed by atoms with Crippen molar-refractivity contribution in [2.75, 3.05) is 19.5 Å². The summed E-state index contributed by atoms with van der Waals surface area (Å²) in [7, 11) is 3.42. The zero-order chi connectivity index (χ0) is 15.9. The van der Waals surface area contributed by atoms with Gasteiger partial charge in [-0.3, -0.25) is 0 Å². The molecule has 0 heterocycles. The molecule has 0 aliphatic heterocycles. The van der Waals surface area contributed by atoms with E-state index in [4.69, 9.17) is 26.3 Å². The minimum Gasteiger partial charge on any atom is -0.493 e. The second-order valence-electron chi connectivity index (χ2n) is 4.40. The van der Waals surface area contributed by atoms with Gasteiger partial charge in [0.05, 0.1) is 13.2 Å². The van der Waals surface area contributed by atoms with E-state index in [9.17, 15) is 0 Å². The Labute approximate surface area is 134 Å². The zero-order valence-corrected chi connectivity index (χ0v) is 13.0. The number of nitriles is 1. The Kier molecular flexibility index (Phi) is 5.29. The maximum atomic E-state index is 8.60. The Hall–Kier alpha value is -2.64. The van der Waals surface area contributed by atoms with Crippen LogP contribution in [0, 0.1) is 11.3 Å². The first-order valence-electron chi connectivity index (χ1n) is 6.56. The van der Waals surface area contributed by atoms with Crippen LogP contribution in [0.15, 0.2) is 42.5 Å². The number of anilines is 1. The number of nitrogens with zero attached hydrogens (tertiary/aromatic N) is 1. The average molecular weight is 315 g/mol. The molecule has 1 N–H and O–H groups in total. The summed E-state index contributed by atoms with van der Waals surface area (Å²) >= 11 is 6.08. The van der Waals surface area contributed by atoms with Crippen LogP contribution >= 0.6 is 11.6 Å².